The SMILES string of the molecule is COc1ccc(Cl)cc1NC(=O)CSCC(=O)Nc1cc(Cl)ccc1OC. The van der Waals surface area contributed by atoms with Gasteiger partial charge in [0.2, 0.25) is 11.8 Å². The molecule has 9 heteroatoms. The van der Waals surface area contributed by atoms with Crippen LogP contribution in [0.5, 0.6) is 11.5 Å². The van der Waals surface area contributed by atoms with Crippen molar-refractivity contribution in [2.24, 2.45) is 0 Å². The third-order valence-electron chi connectivity index (χ3n) is 3.34. The molecule has 0 atom stereocenters. The van der Waals surface area contributed by atoms with Gasteiger partial charge in [0.15, 0.2) is 0 Å². The lowest BCUT2D eigenvalue weighted by molar-refractivity contribution is -0.114. The van der Waals surface area contributed by atoms with Gasteiger partial charge < -0.3 is 20.1 Å². The molecule has 2 N–H and O–H groups in total. The fourth-order valence-electron chi connectivity index (χ4n) is 2.16. The van der Waals surface area contributed by atoms with Crippen molar-refractivity contribution in [1.82, 2.24) is 0 Å². The molecule has 0 heterocycles. The van der Waals surface area contributed by atoms with E-state index in [0.29, 0.717) is 32.9 Å². The van der Waals surface area contributed by atoms with Gasteiger partial charge in [0.25, 0.3) is 0 Å². The Balaban J connectivity index is 1.84. The van der Waals surface area contributed by atoms with E-state index in [-0.39, 0.29) is 23.3 Å². The zero-order chi connectivity index (χ0) is 19.8. The molecule has 0 aliphatic rings. The Morgan fingerprint density at radius 2 is 1.26 bits per heavy atom. The Labute approximate surface area is 171 Å². The molecule has 144 valence electrons. The van der Waals surface area contributed by atoms with Crippen molar-refractivity contribution < 1.29 is 19.1 Å². The molecule has 0 saturated heterocycles. The quantitative estimate of drug-likeness (QED) is 0.654. The molecule has 0 spiro atoms. The van der Waals surface area contributed by atoms with Gasteiger partial charge in [-0.3, -0.25) is 9.59 Å². The highest BCUT2D eigenvalue weighted by molar-refractivity contribution is 8.00. The first-order chi connectivity index (χ1) is 12.9. The van der Waals surface area contributed by atoms with Crippen LogP contribution in [-0.2, 0) is 9.59 Å². The second-order valence-electron chi connectivity index (χ2n) is 5.28. The Morgan fingerprint density at radius 1 is 0.852 bits per heavy atom. The number of anilines is 2. The minimum absolute atomic E-state index is 0.0930. The first-order valence-corrected chi connectivity index (χ1v) is 9.68. The van der Waals surface area contributed by atoms with E-state index in [1.54, 1.807) is 36.4 Å². The normalized spacial score (nSPS) is 10.2. The monoisotopic (exact) mass is 428 g/mol. The van der Waals surface area contributed by atoms with Crippen molar-refractivity contribution in [2.75, 3.05) is 36.4 Å². The van der Waals surface area contributed by atoms with Crippen LogP contribution in [0.4, 0.5) is 11.4 Å². The number of benzene rings is 2. The molecular formula is C18H18Cl2N2O4S. The largest absolute Gasteiger partial charge is 0.495 e. The molecule has 0 aliphatic heterocycles. The predicted octanol–water partition coefficient (Wildman–Crippen LogP) is 4.32. The van der Waals surface area contributed by atoms with Crippen LogP contribution in [-0.4, -0.2) is 37.5 Å². The van der Waals surface area contributed by atoms with Crippen molar-refractivity contribution in [3.05, 3.63) is 46.4 Å². The van der Waals surface area contributed by atoms with Crippen molar-refractivity contribution >= 4 is 58.2 Å². The lowest BCUT2D eigenvalue weighted by Crippen LogP contribution is -2.19. The lowest BCUT2D eigenvalue weighted by atomic mass is 10.3. The van der Waals surface area contributed by atoms with E-state index in [0.717, 1.165) is 0 Å². The van der Waals surface area contributed by atoms with Gasteiger partial charge in [-0.05, 0) is 36.4 Å². The maximum atomic E-state index is 12.1. The zero-order valence-electron chi connectivity index (χ0n) is 14.7. The van der Waals surface area contributed by atoms with Gasteiger partial charge in [-0.25, -0.2) is 0 Å². The van der Waals surface area contributed by atoms with E-state index >= 15 is 0 Å². The highest BCUT2D eigenvalue weighted by atomic mass is 35.5. The van der Waals surface area contributed by atoms with Crippen molar-refractivity contribution in [3.8, 4) is 11.5 Å². The van der Waals surface area contributed by atoms with E-state index in [4.69, 9.17) is 32.7 Å². The van der Waals surface area contributed by atoms with E-state index in [1.165, 1.54) is 26.0 Å². The molecule has 0 radical (unpaired) electrons. The molecule has 0 fully saturated rings. The molecule has 2 aromatic rings. The zero-order valence-corrected chi connectivity index (χ0v) is 17.0. The maximum absolute atomic E-state index is 12.1. The molecule has 0 unspecified atom stereocenters. The summed E-state index contributed by atoms with van der Waals surface area (Å²) in [4.78, 5) is 24.2. The smallest absolute Gasteiger partial charge is 0.234 e. The van der Waals surface area contributed by atoms with E-state index in [1.807, 2.05) is 0 Å². The number of carbonyl (C=O) groups is 2. The number of nitrogens with one attached hydrogen (secondary N) is 2. The van der Waals surface area contributed by atoms with Gasteiger partial charge in [0.05, 0.1) is 37.1 Å². The fraction of sp³-hybridized carbons (Fsp3) is 0.222. The molecule has 2 rings (SSSR count). The Morgan fingerprint density at radius 3 is 1.63 bits per heavy atom. The minimum atomic E-state index is -0.270. The van der Waals surface area contributed by atoms with Gasteiger partial charge in [-0.15, -0.1) is 11.8 Å². The number of amides is 2. The Bertz CT molecular complexity index is 766. The predicted molar refractivity (Wildman–Crippen MR) is 111 cm³/mol. The van der Waals surface area contributed by atoms with E-state index < -0.39 is 0 Å². The van der Waals surface area contributed by atoms with Crippen LogP contribution in [0.2, 0.25) is 10.0 Å². The van der Waals surface area contributed by atoms with Gasteiger partial charge in [0.1, 0.15) is 11.5 Å². The summed E-state index contributed by atoms with van der Waals surface area (Å²) < 4.78 is 10.3. The highest BCUT2D eigenvalue weighted by Gasteiger charge is 2.11. The Kier molecular flexibility index (Phi) is 8.09. The first-order valence-electron chi connectivity index (χ1n) is 7.77. The number of ether oxygens (including phenoxy) is 2. The number of thioether (sulfide) groups is 1. The number of hydrogen-bond donors (Lipinski definition) is 2. The summed E-state index contributed by atoms with van der Waals surface area (Å²) in [7, 11) is 3.00. The number of methoxy groups -OCH3 is 2. The summed E-state index contributed by atoms with van der Waals surface area (Å²) in [5.74, 6) is 0.653. The molecule has 0 bridgehead atoms. The van der Waals surface area contributed by atoms with Crippen LogP contribution >= 0.6 is 35.0 Å². The number of halogens is 2. The first kappa shape index (κ1) is 21.2. The van der Waals surface area contributed by atoms with Gasteiger partial charge in [-0.2, -0.15) is 0 Å². The minimum Gasteiger partial charge on any atom is -0.495 e. The Hall–Kier alpha value is -2.09. The molecule has 27 heavy (non-hydrogen) atoms. The average Bonchev–Trinajstić information content (AvgIpc) is 2.62. The van der Waals surface area contributed by atoms with E-state index in [9.17, 15) is 9.59 Å². The van der Waals surface area contributed by atoms with E-state index in [2.05, 4.69) is 10.6 Å². The number of rotatable bonds is 8. The molecular weight excluding hydrogens is 411 g/mol. The van der Waals surface area contributed by atoms with Crippen molar-refractivity contribution in [2.45, 2.75) is 0 Å². The summed E-state index contributed by atoms with van der Waals surface area (Å²) >= 11 is 13.0. The van der Waals surface area contributed by atoms with Crippen LogP contribution in [0, 0.1) is 0 Å². The second kappa shape index (κ2) is 10.3. The summed E-state index contributed by atoms with van der Waals surface area (Å²) in [6.45, 7) is 0. The summed E-state index contributed by atoms with van der Waals surface area (Å²) in [6, 6.07) is 9.86. The summed E-state index contributed by atoms with van der Waals surface area (Å²) in [6.07, 6.45) is 0. The van der Waals surface area contributed by atoms with Crippen molar-refractivity contribution in [3.63, 3.8) is 0 Å². The number of hydrogen-bond acceptors (Lipinski definition) is 5. The maximum Gasteiger partial charge on any atom is 0.234 e. The molecule has 0 aromatic heterocycles. The van der Waals surface area contributed by atoms with Crippen LogP contribution in [0.25, 0.3) is 0 Å². The van der Waals surface area contributed by atoms with Gasteiger partial charge >= 0.3 is 0 Å². The molecule has 2 aromatic carbocycles. The molecule has 2 amide bonds. The van der Waals surface area contributed by atoms with Crippen LogP contribution in [0.3, 0.4) is 0 Å². The fourth-order valence-corrected chi connectivity index (χ4v) is 3.13. The van der Waals surface area contributed by atoms with Crippen molar-refractivity contribution in [1.29, 1.82) is 0 Å². The van der Waals surface area contributed by atoms with Gasteiger partial charge in [-0.1, -0.05) is 23.2 Å². The topological polar surface area (TPSA) is 76.7 Å². The lowest BCUT2D eigenvalue weighted by Gasteiger charge is -2.11. The average molecular weight is 429 g/mol. The molecule has 6 nitrogen and oxygen atoms in total. The molecule has 0 aliphatic carbocycles. The molecule has 0 saturated carbocycles. The summed E-state index contributed by atoms with van der Waals surface area (Å²) in [5.41, 5.74) is 0.951. The number of carbonyl (C=O) groups excluding carboxylic acids is 2. The second-order valence-corrected chi connectivity index (χ2v) is 7.14. The van der Waals surface area contributed by atoms with Crippen LogP contribution < -0.4 is 20.1 Å². The summed E-state index contributed by atoms with van der Waals surface area (Å²) in [5, 5.41) is 6.39. The third-order valence-corrected chi connectivity index (χ3v) is 4.74. The third kappa shape index (κ3) is 6.53. The van der Waals surface area contributed by atoms with Crippen LogP contribution in [0.15, 0.2) is 36.4 Å². The standard InChI is InChI=1S/C18H18Cl2N2O4S/c1-25-15-5-3-11(19)7-13(15)21-17(23)9-27-10-18(24)22-14-8-12(20)4-6-16(14)26-2/h3-8H,9-10H2,1-2H3,(H,21,23)(H,22,24). The van der Waals surface area contributed by atoms with Crippen LogP contribution in [0.1, 0.15) is 0 Å². The highest BCUT2D eigenvalue weighted by Crippen LogP contribution is 2.29. The van der Waals surface area contributed by atoms with Gasteiger partial charge in [0, 0.05) is 10.0 Å².